The summed E-state index contributed by atoms with van der Waals surface area (Å²) in [5.74, 6) is -1.10. The Kier molecular flexibility index (Phi) is 3.56. The predicted octanol–water partition coefficient (Wildman–Crippen LogP) is 2.51. The molecule has 0 bridgehead atoms. The van der Waals surface area contributed by atoms with Gasteiger partial charge in [-0.3, -0.25) is 19.8 Å². The smallest absolute Gasteiger partial charge is 0.277 e. The first kappa shape index (κ1) is 14.5. The van der Waals surface area contributed by atoms with Crippen molar-refractivity contribution in [1.82, 2.24) is 10.2 Å². The summed E-state index contributed by atoms with van der Waals surface area (Å²) >= 11 is 5.92. The van der Waals surface area contributed by atoms with Crippen LogP contribution in [0.1, 0.15) is 32.4 Å². The Balaban J connectivity index is 2.38. The molecule has 1 unspecified atom stereocenters. The second-order valence-corrected chi connectivity index (χ2v) is 5.73. The van der Waals surface area contributed by atoms with Gasteiger partial charge in [-0.25, -0.2) is 4.79 Å². The topological polar surface area (TPSA) is 66.5 Å². The zero-order valence-electron chi connectivity index (χ0n) is 11.4. The molecule has 1 aliphatic heterocycles. The average molecular weight is 295 g/mol. The molecule has 0 aliphatic carbocycles. The Morgan fingerprint density at radius 2 is 1.90 bits per heavy atom. The molecule has 1 fully saturated rings. The number of carbonyl (C=O) groups is 3. The van der Waals surface area contributed by atoms with Gasteiger partial charge in [-0.15, -0.1) is 0 Å². The third-order valence-electron chi connectivity index (χ3n) is 3.48. The number of carbonyl (C=O) groups excluding carboxylic acids is 3. The first-order valence-electron chi connectivity index (χ1n) is 6.19. The van der Waals surface area contributed by atoms with Crippen LogP contribution in [0.5, 0.6) is 0 Å². The van der Waals surface area contributed by atoms with Gasteiger partial charge < -0.3 is 0 Å². The van der Waals surface area contributed by atoms with Gasteiger partial charge in [0.2, 0.25) is 11.8 Å². The number of hydrogen-bond acceptors (Lipinski definition) is 3. The van der Waals surface area contributed by atoms with Gasteiger partial charge in [-0.2, -0.15) is 0 Å². The summed E-state index contributed by atoms with van der Waals surface area (Å²) in [6.07, 6.45) is 0. The van der Waals surface area contributed by atoms with E-state index in [0.29, 0.717) is 5.02 Å². The number of benzene rings is 1. The summed E-state index contributed by atoms with van der Waals surface area (Å²) in [5, 5.41) is 2.73. The lowest BCUT2D eigenvalue weighted by Crippen LogP contribution is -2.62. The van der Waals surface area contributed by atoms with Crippen molar-refractivity contribution < 1.29 is 14.4 Å². The maximum atomic E-state index is 12.4. The van der Waals surface area contributed by atoms with Crippen LogP contribution in [0.2, 0.25) is 5.02 Å². The van der Waals surface area contributed by atoms with Crippen molar-refractivity contribution in [2.75, 3.05) is 0 Å². The number of amides is 4. The van der Waals surface area contributed by atoms with Crippen LogP contribution in [0.4, 0.5) is 4.79 Å². The van der Waals surface area contributed by atoms with Crippen molar-refractivity contribution in [1.29, 1.82) is 0 Å². The molecule has 1 heterocycles. The maximum Gasteiger partial charge on any atom is 0.331 e. The number of rotatable bonds is 2. The molecule has 1 atom stereocenters. The monoisotopic (exact) mass is 294 g/mol. The molecular weight excluding hydrogens is 280 g/mol. The molecule has 1 aromatic rings. The van der Waals surface area contributed by atoms with E-state index in [4.69, 9.17) is 11.6 Å². The molecule has 1 aliphatic rings. The van der Waals surface area contributed by atoms with Crippen molar-refractivity contribution in [3.63, 3.8) is 0 Å². The average Bonchev–Trinajstić information content (AvgIpc) is 2.37. The lowest BCUT2D eigenvalue weighted by atomic mass is 9.87. The molecule has 6 heteroatoms. The summed E-state index contributed by atoms with van der Waals surface area (Å²) in [6, 6.07) is 5.72. The van der Waals surface area contributed by atoms with E-state index in [0.717, 1.165) is 10.5 Å². The van der Waals surface area contributed by atoms with Crippen LogP contribution in [-0.2, 0) is 9.59 Å². The molecule has 0 aromatic heterocycles. The summed E-state index contributed by atoms with van der Waals surface area (Å²) in [7, 11) is 0. The normalized spacial score (nSPS) is 19.8. The third kappa shape index (κ3) is 2.29. The molecule has 4 amide bonds. The zero-order chi connectivity index (χ0) is 15.1. The van der Waals surface area contributed by atoms with Crippen LogP contribution in [0.25, 0.3) is 0 Å². The van der Waals surface area contributed by atoms with Crippen molar-refractivity contribution in [3.8, 4) is 0 Å². The van der Waals surface area contributed by atoms with Gasteiger partial charge in [0.05, 0.1) is 6.04 Å². The van der Waals surface area contributed by atoms with Gasteiger partial charge in [0, 0.05) is 5.02 Å². The lowest BCUT2D eigenvalue weighted by molar-refractivity contribution is -0.150. The lowest BCUT2D eigenvalue weighted by Gasteiger charge is -2.38. The highest BCUT2D eigenvalue weighted by Crippen LogP contribution is 2.31. The Bertz CT molecular complexity index is 598. The van der Waals surface area contributed by atoms with E-state index in [1.54, 1.807) is 31.2 Å². The summed E-state index contributed by atoms with van der Waals surface area (Å²) in [6.45, 7) is 4.71. The summed E-state index contributed by atoms with van der Waals surface area (Å²) in [4.78, 5) is 37.1. The fraction of sp³-hybridized carbons (Fsp3) is 0.357. The van der Waals surface area contributed by atoms with Gasteiger partial charge in [0.25, 0.3) is 0 Å². The number of barbiturate groups is 1. The number of imide groups is 2. The molecule has 2 rings (SSSR count). The first-order valence-corrected chi connectivity index (χ1v) is 6.57. The minimum Gasteiger partial charge on any atom is -0.277 e. The van der Waals surface area contributed by atoms with Crippen molar-refractivity contribution >= 4 is 29.4 Å². The molecule has 106 valence electrons. The highest BCUT2D eigenvalue weighted by Gasteiger charge is 2.48. The first-order chi connectivity index (χ1) is 9.25. The number of nitrogens with one attached hydrogen (secondary N) is 1. The van der Waals surface area contributed by atoms with Crippen LogP contribution in [0.15, 0.2) is 24.3 Å². The van der Waals surface area contributed by atoms with Crippen LogP contribution in [0.3, 0.4) is 0 Å². The second kappa shape index (κ2) is 4.90. The van der Waals surface area contributed by atoms with E-state index in [9.17, 15) is 14.4 Å². The predicted molar refractivity (Wildman–Crippen MR) is 74.0 cm³/mol. The van der Waals surface area contributed by atoms with Crippen LogP contribution < -0.4 is 5.32 Å². The fourth-order valence-corrected chi connectivity index (χ4v) is 2.27. The van der Waals surface area contributed by atoms with E-state index in [2.05, 4.69) is 5.32 Å². The van der Waals surface area contributed by atoms with E-state index in [1.807, 2.05) is 0 Å². The Morgan fingerprint density at radius 3 is 2.50 bits per heavy atom. The van der Waals surface area contributed by atoms with Gasteiger partial charge in [0.1, 0.15) is 5.41 Å². The van der Waals surface area contributed by atoms with Gasteiger partial charge >= 0.3 is 6.03 Å². The number of halogens is 1. The molecule has 0 saturated carbocycles. The molecule has 20 heavy (non-hydrogen) atoms. The van der Waals surface area contributed by atoms with Crippen molar-refractivity contribution in [3.05, 3.63) is 34.9 Å². The van der Waals surface area contributed by atoms with Crippen molar-refractivity contribution in [2.45, 2.75) is 26.8 Å². The fourth-order valence-electron chi connectivity index (χ4n) is 2.07. The van der Waals surface area contributed by atoms with Gasteiger partial charge in [0.15, 0.2) is 0 Å². The number of nitrogens with zero attached hydrogens (tertiary/aromatic N) is 1. The van der Waals surface area contributed by atoms with Crippen LogP contribution >= 0.6 is 11.6 Å². The molecule has 1 N–H and O–H groups in total. The minimum absolute atomic E-state index is 0.506. The highest BCUT2D eigenvalue weighted by atomic mass is 35.5. The summed E-state index contributed by atoms with van der Waals surface area (Å²) < 4.78 is 0. The molecule has 0 radical (unpaired) electrons. The molecule has 0 spiro atoms. The number of hydrogen-bond donors (Lipinski definition) is 1. The quantitative estimate of drug-likeness (QED) is 0.852. The van der Waals surface area contributed by atoms with E-state index < -0.39 is 29.3 Å². The molecule has 1 aromatic carbocycles. The zero-order valence-corrected chi connectivity index (χ0v) is 12.2. The Labute approximate surface area is 121 Å². The van der Waals surface area contributed by atoms with Gasteiger partial charge in [-0.05, 0) is 38.5 Å². The number of urea groups is 1. The summed E-state index contributed by atoms with van der Waals surface area (Å²) in [5.41, 5.74) is -0.535. The van der Waals surface area contributed by atoms with E-state index >= 15 is 0 Å². The Morgan fingerprint density at radius 1 is 1.25 bits per heavy atom. The molecule has 5 nitrogen and oxygen atoms in total. The van der Waals surface area contributed by atoms with Crippen molar-refractivity contribution in [2.24, 2.45) is 5.41 Å². The van der Waals surface area contributed by atoms with E-state index in [1.165, 1.54) is 13.8 Å². The largest absolute Gasteiger partial charge is 0.331 e. The minimum atomic E-state index is -1.26. The highest BCUT2D eigenvalue weighted by molar-refractivity contribution is 6.30. The molecular formula is C14H15ClN2O3. The Hall–Kier alpha value is -1.88. The SMILES string of the molecule is CC(c1cccc(Cl)c1)N1C(=O)NC(=O)C(C)(C)C1=O. The second-order valence-electron chi connectivity index (χ2n) is 5.29. The van der Waals surface area contributed by atoms with Gasteiger partial charge in [-0.1, -0.05) is 23.7 Å². The maximum absolute atomic E-state index is 12.4. The van der Waals surface area contributed by atoms with E-state index in [-0.39, 0.29) is 0 Å². The molecule has 1 saturated heterocycles. The third-order valence-corrected chi connectivity index (χ3v) is 3.71. The standard InChI is InChI=1S/C14H15ClN2O3/c1-8(9-5-4-6-10(15)7-9)17-12(19)14(2,3)11(18)16-13(17)20/h4-8H,1-3H3,(H,16,18,20). The van der Waals surface area contributed by atoms with Crippen LogP contribution in [0, 0.1) is 5.41 Å². The van der Waals surface area contributed by atoms with Crippen LogP contribution in [-0.4, -0.2) is 22.7 Å².